The number of thiazole rings is 1. The Bertz CT molecular complexity index is 826. The fourth-order valence-electron chi connectivity index (χ4n) is 2.15. The largest absolute Gasteiger partial charge is 0.298 e. The molecule has 100 valence electrons. The highest BCUT2D eigenvalue weighted by molar-refractivity contribution is 9.10. The van der Waals surface area contributed by atoms with Gasteiger partial charge in [0.2, 0.25) is 0 Å². The molecule has 0 saturated carbocycles. The molecule has 2 aromatic heterocycles. The number of halogens is 1. The van der Waals surface area contributed by atoms with Gasteiger partial charge in [0.1, 0.15) is 0 Å². The summed E-state index contributed by atoms with van der Waals surface area (Å²) >= 11 is 5.03. The van der Waals surface area contributed by atoms with Gasteiger partial charge in [-0.25, -0.2) is 9.97 Å². The molecule has 0 atom stereocenters. The number of hydrogen-bond acceptors (Lipinski definition) is 4. The average Bonchev–Trinajstić information content (AvgIpc) is 2.76. The summed E-state index contributed by atoms with van der Waals surface area (Å²) in [5, 5.41) is 2.04. The Labute approximate surface area is 128 Å². The Morgan fingerprint density at radius 2 is 2.00 bits per heavy atom. The second-order valence-electron chi connectivity index (χ2n) is 4.53. The smallest absolute Gasteiger partial charge is 0.151 e. The molecule has 3 aromatic rings. The molecule has 0 bridgehead atoms. The van der Waals surface area contributed by atoms with E-state index in [9.17, 15) is 4.79 Å². The number of rotatable bonds is 2. The van der Waals surface area contributed by atoms with Crippen molar-refractivity contribution in [2.45, 2.75) is 13.8 Å². The lowest BCUT2D eigenvalue weighted by molar-refractivity contribution is 0.112. The zero-order valence-corrected chi connectivity index (χ0v) is 13.4. The summed E-state index contributed by atoms with van der Waals surface area (Å²) in [4.78, 5) is 21.2. The second-order valence-corrected chi connectivity index (χ2v) is 6.59. The first kappa shape index (κ1) is 13.4. The van der Waals surface area contributed by atoms with Crippen LogP contribution in [0.25, 0.3) is 21.5 Å². The van der Waals surface area contributed by atoms with E-state index in [0.717, 1.165) is 42.9 Å². The third-order valence-electron chi connectivity index (χ3n) is 3.07. The van der Waals surface area contributed by atoms with Crippen molar-refractivity contribution in [1.29, 1.82) is 0 Å². The van der Waals surface area contributed by atoms with Crippen LogP contribution in [0, 0.1) is 13.8 Å². The normalized spacial score (nSPS) is 10.9. The number of pyridine rings is 1. The van der Waals surface area contributed by atoms with E-state index in [1.807, 2.05) is 32.0 Å². The van der Waals surface area contributed by atoms with E-state index in [4.69, 9.17) is 0 Å². The van der Waals surface area contributed by atoms with Crippen molar-refractivity contribution in [2.24, 2.45) is 0 Å². The molecule has 1 aromatic carbocycles. The summed E-state index contributed by atoms with van der Waals surface area (Å²) in [5.74, 6) is 0. The highest BCUT2D eigenvalue weighted by atomic mass is 79.9. The van der Waals surface area contributed by atoms with E-state index in [-0.39, 0.29) is 0 Å². The van der Waals surface area contributed by atoms with Gasteiger partial charge in [0, 0.05) is 15.4 Å². The number of nitrogens with zero attached hydrogens (tertiary/aromatic N) is 2. The van der Waals surface area contributed by atoms with E-state index in [1.54, 1.807) is 17.4 Å². The molecule has 2 heterocycles. The van der Waals surface area contributed by atoms with E-state index in [0.29, 0.717) is 5.56 Å². The fraction of sp³-hybridized carbons (Fsp3) is 0.133. The first-order valence-electron chi connectivity index (χ1n) is 6.08. The molecule has 0 spiro atoms. The van der Waals surface area contributed by atoms with Crippen molar-refractivity contribution in [3.05, 3.63) is 45.0 Å². The molecular weight excluding hydrogens is 336 g/mol. The maximum Gasteiger partial charge on any atom is 0.151 e. The van der Waals surface area contributed by atoms with Crippen LogP contribution >= 0.6 is 27.3 Å². The molecule has 0 saturated heterocycles. The van der Waals surface area contributed by atoms with Crippen LogP contribution in [-0.2, 0) is 0 Å². The summed E-state index contributed by atoms with van der Waals surface area (Å²) in [6.45, 7) is 3.98. The van der Waals surface area contributed by atoms with Crippen LogP contribution in [0.1, 0.15) is 21.1 Å². The van der Waals surface area contributed by atoms with Crippen LogP contribution in [0.4, 0.5) is 0 Å². The minimum Gasteiger partial charge on any atom is -0.298 e. The number of hydrogen-bond donors (Lipinski definition) is 0. The van der Waals surface area contributed by atoms with Gasteiger partial charge < -0.3 is 0 Å². The predicted molar refractivity (Wildman–Crippen MR) is 85.4 cm³/mol. The van der Waals surface area contributed by atoms with Gasteiger partial charge in [0.25, 0.3) is 0 Å². The summed E-state index contributed by atoms with van der Waals surface area (Å²) in [7, 11) is 0. The lowest BCUT2D eigenvalue weighted by Crippen LogP contribution is -1.89. The molecule has 0 aliphatic carbocycles. The van der Waals surface area contributed by atoms with Crippen LogP contribution in [-0.4, -0.2) is 16.3 Å². The topological polar surface area (TPSA) is 42.9 Å². The van der Waals surface area contributed by atoms with Gasteiger partial charge in [0.15, 0.2) is 6.29 Å². The molecule has 0 aliphatic rings. The van der Waals surface area contributed by atoms with Crippen LogP contribution in [0.2, 0.25) is 0 Å². The summed E-state index contributed by atoms with van der Waals surface area (Å²) in [5.41, 5.74) is 3.32. The molecule has 0 unspecified atom stereocenters. The minimum absolute atomic E-state index is 0.611. The molecule has 3 nitrogen and oxygen atoms in total. The van der Waals surface area contributed by atoms with Crippen LogP contribution in [0.15, 0.2) is 28.7 Å². The van der Waals surface area contributed by atoms with Gasteiger partial charge in [-0.2, -0.15) is 0 Å². The van der Waals surface area contributed by atoms with E-state index in [2.05, 4.69) is 25.9 Å². The second kappa shape index (κ2) is 5.07. The quantitative estimate of drug-likeness (QED) is 0.639. The monoisotopic (exact) mass is 346 g/mol. The number of carbonyl (C=O) groups is 1. The molecule has 0 aliphatic heterocycles. The van der Waals surface area contributed by atoms with Crippen LogP contribution < -0.4 is 0 Å². The first-order chi connectivity index (χ1) is 9.58. The summed E-state index contributed by atoms with van der Waals surface area (Å²) < 4.78 is 0.791. The zero-order valence-electron chi connectivity index (χ0n) is 11.0. The van der Waals surface area contributed by atoms with Gasteiger partial charge in [-0.3, -0.25) is 4.79 Å². The maximum absolute atomic E-state index is 11.0. The summed E-state index contributed by atoms with van der Waals surface area (Å²) in [6, 6.07) is 7.74. The third kappa shape index (κ3) is 2.27. The Kier molecular flexibility index (Phi) is 3.40. The van der Waals surface area contributed by atoms with Gasteiger partial charge >= 0.3 is 0 Å². The van der Waals surface area contributed by atoms with Gasteiger partial charge in [-0.05, 0) is 32.0 Å². The molecule has 0 N–H and O–H groups in total. The van der Waals surface area contributed by atoms with Crippen LogP contribution in [0.5, 0.6) is 0 Å². The zero-order chi connectivity index (χ0) is 14.3. The highest BCUT2D eigenvalue weighted by Gasteiger charge is 2.10. The number of aldehydes is 1. The Morgan fingerprint density at radius 3 is 2.65 bits per heavy atom. The van der Waals surface area contributed by atoms with Crippen molar-refractivity contribution >= 4 is 44.5 Å². The fourth-order valence-corrected chi connectivity index (χ4v) is 3.49. The molecule has 0 radical (unpaired) electrons. The van der Waals surface area contributed by atoms with Crippen molar-refractivity contribution in [3.63, 3.8) is 0 Å². The number of aromatic nitrogens is 2. The lowest BCUT2D eigenvalue weighted by Gasteiger charge is -2.04. The number of fused-ring (bicyclic) bond motifs is 1. The Balaban J connectivity index is 2.22. The van der Waals surface area contributed by atoms with Crippen molar-refractivity contribution in [3.8, 4) is 10.6 Å². The molecule has 5 heteroatoms. The van der Waals surface area contributed by atoms with Crippen LogP contribution in [0.3, 0.4) is 0 Å². The predicted octanol–water partition coefficient (Wildman–Crippen LogP) is 4.55. The van der Waals surface area contributed by atoms with E-state index < -0.39 is 0 Å². The first-order valence-corrected chi connectivity index (χ1v) is 7.69. The lowest BCUT2D eigenvalue weighted by atomic mass is 10.1. The number of carbonyl (C=O) groups excluding carboxylic acids is 1. The summed E-state index contributed by atoms with van der Waals surface area (Å²) in [6.07, 6.45) is 0.833. The highest BCUT2D eigenvalue weighted by Crippen LogP contribution is 2.30. The van der Waals surface area contributed by atoms with Gasteiger partial charge in [-0.15, -0.1) is 11.3 Å². The van der Waals surface area contributed by atoms with E-state index >= 15 is 0 Å². The molecule has 3 rings (SSSR count). The standard InChI is InChI=1S/C15H11BrN2OS/c1-8-15(20-9(2)17-8)13-4-3-10-5-12(16)11(7-19)6-14(10)18-13/h3-7H,1-2H3. The van der Waals surface area contributed by atoms with Crippen molar-refractivity contribution < 1.29 is 4.79 Å². The molecule has 0 fully saturated rings. The number of benzene rings is 1. The third-order valence-corrected chi connectivity index (χ3v) is 4.85. The molecule has 20 heavy (non-hydrogen) atoms. The Hall–Kier alpha value is -1.59. The van der Waals surface area contributed by atoms with Crippen molar-refractivity contribution in [1.82, 2.24) is 9.97 Å². The average molecular weight is 347 g/mol. The van der Waals surface area contributed by atoms with Crippen molar-refractivity contribution in [2.75, 3.05) is 0 Å². The minimum atomic E-state index is 0.611. The SMILES string of the molecule is Cc1nc(C)c(-c2ccc3cc(Br)c(C=O)cc3n2)s1. The molecule has 0 amide bonds. The number of aryl methyl sites for hydroxylation is 2. The van der Waals surface area contributed by atoms with Gasteiger partial charge in [0.05, 0.1) is 26.8 Å². The van der Waals surface area contributed by atoms with Gasteiger partial charge in [-0.1, -0.05) is 22.0 Å². The molecular formula is C15H11BrN2OS. The van der Waals surface area contributed by atoms with E-state index in [1.165, 1.54) is 0 Å². The maximum atomic E-state index is 11.0. The Morgan fingerprint density at radius 1 is 1.20 bits per heavy atom.